The summed E-state index contributed by atoms with van der Waals surface area (Å²) < 4.78 is 40.9. The molecule has 1 amide bonds. The van der Waals surface area contributed by atoms with Gasteiger partial charge in [0.1, 0.15) is 5.75 Å². The molecule has 0 unspecified atom stereocenters. The molecule has 1 heterocycles. The molecule has 0 aliphatic rings. The number of amides is 1. The lowest BCUT2D eigenvalue weighted by Crippen LogP contribution is -2.22. The number of aliphatic carboxylic acids is 1. The zero-order chi connectivity index (χ0) is 28.0. The number of carbonyl (C=O) groups excluding carboxylic acids is 1. The van der Waals surface area contributed by atoms with Gasteiger partial charge in [-0.2, -0.15) is 0 Å². The molecule has 0 spiro atoms. The summed E-state index contributed by atoms with van der Waals surface area (Å²) in [5.74, 6) is -1.60. The van der Waals surface area contributed by atoms with Crippen molar-refractivity contribution in [3.63, 3.8) is 0 Å². The number of alkyl halides is 3. The Morgan fingerprint density at radius 2 is 1.64 bits per heavy atom. The number of benzene rings is 3. The van der Waals surface area contributed by atoms with Crippen molar-refractivity contribution in [3.05, 3.63) is 88.6 Å². The summed E-state index contributed by atoms with van der Waals surface area (Å²) in [5.41, 5.74) is 4.15. The van der Waals surface area contributed by atoms with Crippen LogP contribution in [-0.4, -0.2) is 33.3 Å². The molecule has 7 nitrogen and oxygen atoms in total. The second-order valence-corrected chi connectivity index (χ2v) is 9.14. The van der Waals surface area contributed by atoms with Crippen molar-refractivity contribution in [3.8, 4) is 17.0 Å². The number of carboxylic acids is 1. The van der Waals surface area contributed by atoms with Crippen LogP contribution in [0.4, 0.5) is 13.2 Å². The highest BCUT2D eigenvalue weighted by molar-refractivity contribution is 6.30. The Bertz CT molecular complexity index is 1480. The molecule has 4 rings (SSSR count). The third kappa shape index (κ3) is 7.90. The van der Waals surface area contributed by atoms with Gasteiger partial charge >= 0.3 is 12.3 Å². The van der Waals surface area contributed by atoms with Gasteiger partial charge in [0, 0.05) is 29.1 Å². The zero-order valence-electron chi connectivity index (χ0n) is 20.5. The van der Waals surface area contributed by atoms with E-state index < -0.39 is 12.3 Å². The molecule has 0 bridgehead atoms. The molecule has 0 aliphatic carbocycles. The van der Waals surface area contributed by atoms with Crippen LogP contribution in [0.3, 0.4) is 0 Å². The highest BCUT2D eigenvalue weighted by Gasteiger charge is 2.30. The first-order chi connectivity index (χ1) is 18.6. The van der Waals surface area contributed by atoms with E-state index in [9.17, 15) is 22.8 Å². The Kier molecular flexibility index (Phi) is 8.65. The van der Waals surface area contributed by atoms with Crippen molar-refractivity contribution in [2.75, 3.05) is 0 Å². The number of carbonyl (C=O) groups is 2. The molecule has 1 aromatic heterocycles. The summed E-state index contributed by atoms with van der Waals surface area (Å²) >= 11 is 6.03. The number of rotatable bonds is 10. The SMILES string of the molecule is O=C(O)CCCCc1nc2cc(C(=O)NCc3ccc(OC(F)(F)F)cc3)ccc2nc1-c1ccc(Cl)cc1. The Balaban J connectivity index is 1.52. The van der Waals surface area contributed by atoms with Crippen LogP contribution in [0.15, 0.2) is 66.7 Å². The molecule has 0 aliphatic heterocycles. The Labute approximate surface area is 226 Å². The van der Waals surface area contributed by atoms with Crippen LogP contribution in [0.5, 0.6) is 5.75 Å². The number of aromatic nitrogens is 2. The molecule has 0 fully saturated rings. The number of fused-ring (bicyclic) bond motifs is 1. The molecule has 2 N–H and O–H groups in total. The third-order valence-corrected chi connectivity index (χ3v) is 6.03. The summed E-state index contributed by atoms with van der Waals surface area (Å²) in [6, 6.07) is 17.3. The van der Waals surface area contributed by atoms with E-state index in [2.05, 4.69) is 10.1 Å². The number of halogens is 4. The first kappa shape index (κ1) is 27.8. The van der Waals surface area contributed by atoms with E-state index in [1.165, 1.54) is 24.3 Å². The number of ether oxygens (including phenoxy) is 1. The number of unbranched alkanes of at least 4 members (excludes halogenated alkanes) is 1. The fourth-order valence-corrected chi connectivity index (χ4v) is 4.03. The average molecular weight is 558 g/mol. The number of nitrogens with one attached hydrogen (secondary N) is 1. The molecule has 4 aromatic rings. The topological polar surface area (TPSA) is 101 Å². The van der Waals surface area contributed by atoms with Gasteiger partial charge in [-0.1, -0.05) is 35.9 Å². The van der Waals surface area contributed by atoms with E-state index in [1.54, 1.807) is 30.3 Å². The summed E-state index contributed by atoms with van der Waals surface area (Å²) in [6.07, 6.45) is -3.14. The van der Waals surface area contributed by atoms with Crippen LogP contribution in [-0.2, 0) is 17.8 Å². The predicted octanol–water partition coefficient (Wildman–Crippen LogP) is 6.58. The van der Waals surface area contributed by atoms with E-state index in [0.29, 0.717) is 57.8 Å². The fourth-order valence-electron chi connectivity index (χ4n) is 3.91. The van der Waals surface area contributed by atoms with Crippen LogP contribution in [0, 0.1) is 0 Å². The van der Waals surface area contributed by atoms with Gasteiger partial charge in [-0.3, -0.25) is 9.59 Å². The van der Waals surface area contributed by atoms with Crippen molar-refractivity contribution < 1.29 is 32.6 Å². The highest BCUT2D eigenvalue weighted by atomic mass is 35.5. The van der Waals surface area contributed by atoms with E-state index in [1.807, 2.05) is 12.1 Å². The van der Waals surface area contributed by atoms with Gasteiger partial charge in [0.05, 0.1) is 22.4 Å². The molecule has 0 atom stereocenters. The summed E-state index contributed by atoms with van der Waals surface area (Å²) in [5, 5.41) is 12.3. The maximum absolute atomic E-state index is 12.8. The Morgan fingerprint density at radius 1 is 0.923 bits per heavy atom. The van der Waals surface area contributed by atoms with Crippen molar-refractivity contribution in [2.45, 2.75) is 38.6 Å². The molecule has 0 saturated heterocycles. The van der Waals surface area contributed by atoms with Crippen molar-refractivity contribution in [1.82, 2.24) is 15.3 Å². The summed E-state index contributed by atoms with van der Waals surface area (Å²) in [7, 11) is 0. The molecule has 202 valence electrons. The number of nitrogens with zero attached hydrogens (tertiary/aromatic N) is 2. The normalized spacial score (nSPS) is 11.4. The lowest BCUT2D eigenvalue weighted by Gasteiger charge is -2.12. The summed E-state index contributed by atoms with van der Waals surface area (Å²) in [6.45, 7) is 0.0964. The lowest BCUT2D eigenvalue weighted by atomic mass is 10.0. The van der Waals surface area contributed by atoms with Gasteiger partial charge in [0.15, 0.2) is 0 Å². The quantitative estimate of drug-likeness (QED) is 0.214. The predicted molar refractivity (Wildman–Crippen MR) is 139 cm³/mol. The highest BCUT2D eigenvalue weighted by Crippen LogP contribution is 2.27. The van der Waals surface area contributed by atoms with E-state index in [4.69, 9.17) is 26.7 Å². The monoisotopic (exact) mass is 557 g/mol. The first-order valence-corrected chi connectivity index (χ1v) is 12.4. The molecular weight excluding hydrogens is 535 g/mol. The van der Waals surface area contributed by atoms with Crippen LogP contribution in [0.1, 0.15) is 40.9 Å². The third-order valence-electron chi connectivity index (χ3n) is 5.78. The average Bonchev–Trinajstić information content (AvgIpc) is 2.89. The number of carboxylic acid groups (broad SMARTS) is 1. The lowest BCUT2D eigenvalue weighted by molar-refractivity contribution is -0.274. The van der Waals surface area contributed by atoms with E-state index in [-0.39, 0.29) is 24.6 Å². The van der Waals surface area contributed by atoms with Gasteiger partial charge in [-0.05, 0) is 67.3 Å². The summed E-state index contributed by atoms with van der Waals surface area (Å²) in [4.78, 5) is 33.2. The maximum Gasteiger partial charge on any atom is 0.573 e. The van der Waals surface area contributed by atoms with Gasteiger partial charge in [-0.15, -0.1) is 13.2 Å². The zero-order valence-corrected chi connectivity index (χ0v) is 21.2. The van der Waals surface area contributed by atoms with Crippen molar-refractivity contribution in [2.24, 2.45) is 0 Å². The van der Waals surface area contributed by atoms with Crippen LogP contribution < -0.4 is 10.1 Å². The van der Waals surface area contributed by atoms with Crippen LogP contribution in [0.2, 0.25) is 5.02 Å². The van der Waals surface area contributed by atoms with Gasteiger partial charge < -0.3 is 15.2 Å². The van der Waals surface area contributed by atoms with Gasteiger partial charge in [0.2, 0.25) is 0 Å². The standard InChI is InChI=1S/C28H23ClF3N3O4/c29-20-10-7-18(8-11-20)26-23(3-1-2-4-25(36)37)34-24-15-19(9-14-22(24)35-26)27(38)33-16-17-5-12-21(13-6-17)39-28(30,31)32/h5-15H,1-4,16H2,(H,33,38)(H,36,37). The molecular formula is C28H23ClF3N3O4. The van der Waals surface area contributed by atoms with Crippen LogP contribution in [0.25, 0.3) is 22.3 Å². The van der Waals surface area contributed by atoms with Gasteiger partial charge in [0.25, 0.3) is 5.91 Å². The minimum absolute atomic E-state index is 0.0552. The number of aryl methyl sites for hydroxylation is 1. The minimum Gasteiger partial charge on any atom is -0.481 e. The van der Waals surface area contributed by atoms with Crippen LogP contribution >= 0.6 is 11.6 Å². The number of hydrogen-bond donors (Lipinski definition) is 2. The first-order valence-electron chi connectivity index (χ1n) is 12.0. The second kappa shape index (κ2) is 12.1. The molecule has 0 saturated carbocycles. The fraction of sp³-hybridized carbons (Fsp3) is 0.214. The van der Waals surface area contributed by atoms with Crippen molar-refractivity contribution >= 4 is 34.5 Å². The molecule has 0 radical (unpaired) electrons. The van der Waals surface area contributed by atoms with E-state index >= 15 is 0 Å². The molecule has 11 heteroatoms. The molecule has 3 aromatic carbocycles. The number of hydrogen-bond acceptors (Lipinski definition) is 5. The molecule has 39 heavy (non-hydrogen) atoms. The van der Waals surface area contributed by atoms with E-state index in [0.717, 1.165) is 5.56 Å². The smallest absolute Gasteiger partial charge is 0.481 e. The second-order valence-electron chi connectivity index (χ2n) is 8.70. The minimum atomic E-state index is -4.78. The Morgan fingerprint density at radius 3 is 2.31 bits per heavy atom. The maximum atomic E-state index is 12.8. The largest absolute Gasteiger partial charge is 0.573 e. The van der Waals surface area contributed by atoms with Gasteiger partial charge in [-0.25, -0.2) is 9.97 Å². The Hall–Kier alpha value is -4.18. The van der Waals surface area contributed by atoms with Crippen molar-refractivity contribution in [1.29, 1.82) is 0 Å².